The number of likely N-dealkylation sites (tertiary alicyclic amines) is 1. The van der Waals surface area contributed by atoms with E-state index < -0.39 is 11.9 Å². The number of hydrogen-bond donors (Lipinski definition) is 0. The van der Waals surface area contributed by atoms with Crippen molar-refractivity contribution in [2.45, 2.75) is 44.8 Å². The number of aromatic nitrogens is 4. The van der Waals surface area contributed by atoms with Crippen molar-refractivity contribution in [3.05, 3.63) is 45.8 Å². The van der Waals surface area contributed by atoms with Gasteiger partial charge in [0.1, 0.15) is 11.4 Å². The molecule has 3 aromatic rings. The van der Waals surface area contributed by atoms with Gasteiger partial charge in [-0.2, -0.15) is 18.3 Å². The van der Waals surface area contributed by atoms with E-state index in [1.807, 2.05) is 0 Å². The van der Waals surface area contributed by atoms with Crippen molar-refractivity contribution in [1.29, 1.82) is 0 Å². The zero-order valence-electron chi connectivity index (χ0n) is 15.3. The quantitative estimate of drug-likeness (QED) is 0.647. The smallest absolute Gasteiger partial charge is 0.329 e. The normalized spacial score (nSPS) is 17.8. The fourth-order valence-corrected chi connectivity index (χ4v) is 3.98. The van der Waals surface area contributed by atoms with E-state index in [4.69, 9.17) is 0 Å². The molecule has 0 unspecified atom stereocenters. The molecule has 28 heavy (non-hydrogen) atoms. The van der Waals surface area contributed by atoms with Gasteiger partial charge in [-0.3, -0.25) is 4.79 Å². The molecule has 1 fully saturated rings. The number of hydrogen-bond acceptors (Lipinski definition) is 5. The molecule has 10 heteroatoms. The van der Waals surface area contributed by atoms with Crippen LogP contribution in [0.2, 0.25) is 0 Å². The van der Waals surface area contributed by atoms with Crippen LogP contribution in [0.1, 0.15) is 66.2 Å². The molecule has 4 heterocycles. The summed E-state index contributed by atoms with van der Waals surface area (Å²) in [6.45, 7) is 4.11. The second-order valence-corrected chi connectivity index (χ2v) is 7.81. The van der Waals surface area contributed by atoms with E-state index in [-0.39, 0.29) is 23.5 Å². The van der Waals surface area contributed by atoms with Crippen LogP contribution in [-0.4, -0.2) is 36.9 Å². The second kappa shape index (κ2) is 6.84. The van der Waals surface area contributed by atoms with E-state index >= 15 is 0 Å². The molecule has 0 bridgehead atoms. The number of thiazole rings is 1. The molecule has 0 aromatic carbocycles. The van der Waals surface area contributed by atoms with Gasteiger partial charge >= 0.3 is 6.18 Å². The van der Waals surface area contributed by atoms with Crippen molar-refractivity contribution in [2.75, 3.05) is 6.54 Å². The number of carbonyl (C=O) groups excluding carboxylic acids is 1. The Balaban J connectivity index is 1.78. The van der Waals surface area contributed by atoms with E-state index in [2.05, 4.69) is 15.1 Å². The van der Waals surface area contributed by atoms with Gasteiger partial charge in [-0.15, -0.1) is 11.3 Å². The maximum Gasteiger partial charge on any atom is 0.433 e. The second-order valence-electron chi connectivity index (χ2n) is 7.09. The van der Waals surface area contributed by atoms with E-state index in [1.165, 1.54) is 11.3 Å². The Kier molecular flexibility index (Phi) is 4.60. The maximum absolute atomic E-state index is 13.6. The third-order valence-electron chi connectivity index (χ3n) is 4.85. The molecule has 1 atom stereocenters. The Labute approximate surface area is 163 Å². The summed E-state index contributed by atoms with van der Waals surface area (Å²) in [6, 6.07) is 2.21. The highest BCUT2D eigenvalue weighted by Gasteiger charge is 2.37. The number of rotatable bonds is 3. The highest BCUT2D eigenvalue weighted by molar-refractivity contribution is 7.07. The van der Waals surface area contributed by atoms with Gasteiger partial charge in [-0.1, -0.05) is 13.8 Å². The minimum absolute atomic E-state index is 0.140. The molecule has 0 aliphatic carbocycles. The molecular weight excluding hydrogens is 391 g/mol. The van der Waals surface area contributed by atoms with Gasteiger partial charge in [0.15, 0.2) is 5.65 Å². The molecule has 1 saturated heterocycles. The van der Waals surface area contributed by atoms with Crippen molar-refractivity contribution in [3.8, 4) is 0 Å². The van der Waals surface area contributed by atoms with Gasteiger partial charge < -0.3 is 4.90 Å². The SMILES string of the molecule is CC(C)c1cc(C(F)(F)F)n2nc([C@H]3CCCN3C(=O)c3cscn3)cc2n1. The third kappa shape index (κ3) is 3.25. The molecule has 0 spiro atoms. The monoisotopic (exact) mass is 409 g/mol. The molecule has 148 valence electrons. The van der Waals surface area contributed by atoms with Gasteiger partial charge in [0.05, 0.1) is 17.2 Å². The Hall–Kier alpha value is -2.49. The molecule has 1 aliphatic heterocycles. The summed E-state index contributed by atoms with van der Waals surface area (Å²) < 4.78 is 41.6. The fraction of sp³-hybridized carbons (Fsp3) is 0.444. The predicted molar refractivity (Wildman–Crippen MR) is 97.2 cm³/mol. The van der Waals surface area contributed by atoms with Crippen molar-refractivity contribution in [1.82, 2.24) is 24.5 Å². The first-order valence-electron chi connectivity index (χ1n) is 8.92. The number of halogens is 3. The lowest BCUT2D eigenvalue weighted by molar-refractivity contribution is -0.142. The van der Waals surface area contributed by atoms with Gasteiger partial charge in [-0.05, 0) is 24.8 Å². The third-order valence-corrected chi connectivity index (χ3v) is 5.44. The molecule has 3 aromatic heterocycles. The van der Waals surface area contributed by atoms with E-state index in [1.54, 1.807) is 35.7 Å². The first-order valence-corrected chi connectivity index (χ1v) is 9.87. The molecule has 0 radical (unpaired) electrons. The molecule has 6 nitrogen and oxygen atoms in total. The lowest BCUT2D eigenvalue weighted by Crippen LogP contribution is -2.31. The molecule has 0 N–H and O–H groups in total. The largest absolute Gasteiger partial charge is 0.433 e. The molecule has 4 rings (SSSR count). The average molecular weight is 409 g/mol. The van der Waals surface area contributed by atoms with E-state index in [0.717, 1.165) is 17.0 Å². The number of nitrogens with zero attached hydrogens (tertiary/aromatic N) is 5. The lowest BCUT2D eigenvalue weighted by Gasteiger charge is -2.22. The Morgan fingerprint density at radius 1 is 1.32 bits per heavy atom. The van der Waals surface area contributed by atoms with Crippen LogP contribution in [0.25, 0.3) is 5.65 Å². The van der Waals surface area contributed by atoms with Crippen molar-refractivity contribution in [2.24, 2.45) is 0 Å². The molecular formula is C18H18F3N5OS. The Bertz CT molecular complexity index is 1010. The average Bonchev–Trinajstić information content (AvgIpc) is 3.38. The molecule has 0 saturated carbocycles. The van der Waals surface area contributed by atoms with Crippen LogP contribution in [0.4, 0.5) is 13.2 Å². The van der Waals surface area contributed by atoms with Crippen LogP contribution in [0, 0.1) is 0 Å². The number of alkyl halides is 3. The molecule has 1 aliphatic rings. The summed E-state index contributed by atoms with van der Waals surface area (Å²) in [6.07, 6.45) is -3.16. The Morgan fingerprint density at radius 3 is 2.75 bits per heavy atom. The fourth-order valence-electron chi connectivity index (χ4n) is 3.45. The summed E-state index contributed by atoms with van der Waals surface area (Å²) in [4.78, 5) is 22.7. The zero-order valence-corrected chi connectivity index (χ0v) is 16.1. The van der Waals surface area contributed by atoms with Gasteiger partial charge in [0.2, 0.25) is 0 Å². The lowest BCUT2D eigenvalue weighted by atomic mass is 10.1. The first-order chi connectivity index (χ1) is 13.3. The van der Waals surface area contributed by atoms with E-state index in [9.17, 15) is 18.0 Å². The summed E-state index contributed by atoms with van der Waals surface area (Å²) >= 11 is 1.32. The van der Waals surface area contributed by atoms with Crippen molar-refractivity contribution >= 4 is 22.9 Å². The first kappa shape index (κ1) is 18.9. The van der Waals surface area contributed by atoms with Crippen LogP contribution in [0.3, 0.4) is 0 Å². The topological polar surface area (TPSA) is 63.4 Å². The Morgan fingerprint density at radius 2 is 2.11 bits per heavy atom. The summed E-state index contributed by atoms with van der Waals surface area (Å²) in [5.41, 5.74) is 1.98. The van der Waals surface area contributed by atoms with Crippen LogP contribution in [-0.2, 0) is 6.18 Å². The summed E-state index contributed by atoms with van der Waals surface area (Å²) in [5.74, 6) is -0.383. The van der Waals surface area contributed by atoms with Gasteiger partial charge in [0.25, 0.3) is 5.91 Å². The summed E-state index contributed by atoms with van der Waals surface area (Å²) in [7, 11) is 0. The predicted octanol–water partition coefficient (Wildman–Crippen LogP) is 4.31. The minimum atomic E-state index is -4.56. The highest BCUT2D eigenvalue weighted by atomic mass is 32.1. The minimum Gasteiger partial charge on any atom is -0.329 e. The van der Waals surface area contributed by atoms with Crippen molar-refractivity contribution in [3.63, 3.8) is 0 Å². The van der Waals surface area contributed by atoms with Crippen LogP contribution in [0.15, 0.2) is 23.0 Å². The van der Waals surface area contributed by atoms with Gasteiger partial charge in [0, 0.05) is 23.7 Å². The number of carbonyl (C=O) groups is 1. The van der Waals surface area contributed by atoms with Crippen LogP contribution < -0.4 is 0 Å². The van der Waals surface area contributed by atoms with Crippen molar-refractivity contribution < 1.29 is 18.0 Å². The number of fused-ring (bicyclic) bond motifs is 1. The summed E-state index contributed by atoms with van der Waals surface area (Å²) in [5, 5.41) is 5.86. The van der Waals surface area contributed by atoms with E-state index in [0.29, 0.717) is 30.0 Å². The van der Waals surface area contributed by atoms with Crippen LogP contribution in [0.5, 0.6) is 0 Å². The molecule has 1 amide bonds. The highest BCUT2D eigenvalue weighted by Crippen LogP contribution is 2.35. The zero-order chi connectivity index (χ0) is 20.1. The number of amides is 1. The standard InChI is InChI=1S/C18H18F3N5OS/c1-10(2)11-6-15(18(19,20)21)26-16(23-11)7-12(24-26)14-4-3-5-25(14)17(27)13-8-28-9-22-13/h6-10,14H,3-5H2,1-2H3/t14-/m1/s1. The van der Waals surface area contributed by atoms with Gasteiger partial charge in [-0.25, -0.2) is 14.5 Å². The maximum atomic E-state index is 13.6. The van der Waals surface area contributed by atoms with Crippen LogP contribution >= 0.6 is 11.3 Å².